The molecule has 0 fully saturated rings. The fourth-order valence-corrected chi connectivity index (χ4v) is 3.32. The Balaban J connectivity index is 1.58. The summed E-state index contributed by atoms with van der Waals surface area (Å²) in [7, 11) is 1.56. The first kappa shape index (κ1) is 17.0. The molecule has 1 amide bonds. The largest absolute Gasteiger partial charge is 0.497 e. The van der Waals surface area contributed by atoms with E-state index < -0.39 is 0 Å². The van der Waals surface area contributed by atoms with Crippen LogP contribution < -0.4 is 10.1 Å². The lowest BCUT2D eigenvalue weighted by Gasteiger charge is -2.06. The van der Waals surface area contributed by atoms with Crippen LogP contribution in [0.2, 0.25) is 0 Å². The van der Waals surface area contributed by atoms with Crippen LogP contribution in [0, 0.1) is 0 Å². The van der Waals surface area contributed by atoms with Crippen molar-refractivity contribution >= 4 is 22.9 Å². The summed E-state index contributed by atoms with van der Waals surface area (Å²) in [5, 5.41) is 8.79. The second kappa shape index (κ2) is 7.43. The summed E-state index contributed by atoms with van der Waals surface area (Å²) in [5.41, 5.74) is 1.99. The van der Waals surface area contributed by atoms with E-state index in [-0.39, 0.29) is 5.91 Å². The van der Waals surface area contributed by atoms with E-state index in [1.54, 1.807) is 31.4 Å². The minimum atomic E-state index is -0.239. The number of rotatable bonds is 5. The minimum absolute atomic E-state index is 0.239. The average Bonchev–Trinajstić information content (AvgIpc) is 3.38. The highest BCUT2D eigenvalue weighted by atomic mass is 32.1. The predicted octanol–water partition coefficient (Wildman–Crippen LogP) is 4.73. The number of benzene rings is 2. The van der Waals surface area contributed by atoms with Crippen LogP contribution in [0.4, 0.5) is 5.69 Å². The molecule has 2 aromatic heterocycles. The lowest BCUT2D eigenvalue weighted by molar-refractivity contribution is 0.102. The number of nitrogens with one attached hydrogen (secondary N) is 1. The molecule has 7 heteroatoms. The second-order valence-corrected chi connectivity index (χ2v) is 6.55. The third kappa shape index (κ3) is 3.58. The lowest BCUT2D eigenvalue weighted by atomic mass is 10.2. The molecule has 4 rings (SSSR count). The van der Waals surface area contributed by atoms with Gasteiger partial charge in [-0.3, -0.25) is 4.79 Å². The van der Waals surface area contributed by atoms with Crippen molar-refractivity contribution in [3.05, 3.63) is 71.6 Å². The van der Waals surface area contributed by atoms with E-state index in [1.807, 2.05) is 41.8 Å². The van der Waals surface area contributed by atoms with Gasteiger partial charge in [0.15, 0.2) is 0 Å². The summed E-state index contributed by atoms with van der Waals surface area (Å²) < 4.78 is 10.6. The molecule has 0 aliphatic rings. The highest BCUT2D eigenvalue weighted by Crippen LogP contribution is 2.34. The fourth-order valence-electron chi connectivity index (χ4n) is 2.55. The molecule has 0 aliphatic carbocycles. The van der Waals surface area contributed by atoms with Crippen molar-refractivity contribution in [3.63, 3.8) is 0 Å². The van der Waals surface area contributed by atoms with Crippen LogP contribution in [0.5, 0.6) is 5.75 Å². The molecule has 0 radical (unpaired) electrons. The zero-order valence-corrected chi connectivity index (χ0v) is 15.2. The number of nitrogens with zero attached hydrogens (tertiary/aromatic N) is 2. The summed E-state index contributed by atoms with van der Waals surface area (Å²) in [6, 6.07) is 18.4. The van der Waals surface area contributed by atoms with Gasteiger partial charge in [0.2, 0.25) is 5.82 Å². The molecule has 6 nitrogen and oxygen atoms in total. The maximum absolute atomic E-state index is 12.6. The number of anilines is 1. The summed E-state index contributed by atoms with van der Waals surface area (Å²) in [6.45, 7) is 0. The molecular formula is C20H15N3O3S. The van der Waals surface area contributed by atoms with E-state index in [9.17, 15) is 4.79 Å². The summed E-state index contributed by atoms with van der Waals surface area (Å²) in [6.07, 6.45) is 0. The quantitative estimate of drug-likeness (QED) is 0.544. The Morgan fingerprint density at radius 2 is 1.96 bits per heavy atom. The Kier molecular flexibility index (Phi) is 4.67. The van der Waals surface area contributed by atoms with Gasteiger partial charge in [-0.15, -0.1) is 11.3 Å². The van der Waals surface area contributed by atoms with E-state index in [0.717, 1.165) is 5.56 Å². The van der Waals surface area contributed by atoms with Gasteiger partial charge in [0.25, 0.3) is 11.8 Å². The van der Waals surface area contributed by atoms with Gasteiger partial charge in [0, 0.05) is 11.1 Å². The predicted molar refractivity (Wildman–Crippen MR) is 104 cm³/mol. The van der Waals surface area contributed by atoms with Gasteiger partial charge in [-0.25, -0.2) is 0 Å². The van der Waals surface area contributed by atoms with Crippen LogP contribution >= 0.6 is 11.3 Å². The van der Waals surface area contributed by atoms with E-state index >= 15 is 0 Å². The standard InChI is InChI=1S/C20H15N3O3S/c1-25-15-9-5-8-14(12-15)19(24)21-16-10-11-27-17(16)20-22-18(23-26-20)13-6-3-2-4-7-13/h2-12H,1H3,(H,21,24). The van der Waals surface area contributed by atoms with Gasteiger partial charge in [0.1, 0.15) is 10.6 Å². The summed E-state index contributed by atoms with van der Waals surface area (Å²) in [5.74, 6) is 1.25. The third-order valence-corrected chi connectivity index (χ3v) is 4.80. The van der Waals surface area contributed by atoms with Gasteiger partial charge in [-0.05, 0) is 29.6 Å². The third-order valence-electron chi connectivity index (χ3n) is 3.90. The zero-order chi connectivity index (χ0) is 18.6. The number of carbonyl (C=O) groups excluding carboxylic acids is 1. The second-order valence-electron chi connectivity index (χ2n) is 5.64. The van der Waals surface area contributed by atoms with E-state index in [2.05, 4.69) is 15.5 Å². The summed E-state index contributed by atoms with van der Waals surface area (Å²) >= 11 is 1.42. The maximum Gasteiger partial charge on any atom is 0.270 e. The molecule has 0 atom stereocenters. The highest BCUT2D eigenvalue weighted by Gasteiger charge is 2.18. The Labute approximate surface area is 159 Å². The van der Waals surface area contributed by atoms with E-state index in [1.165, 1.54) is 11.3 Å². The smallest absolute Gasteiger partial charge is 0.270 e. The molecule has 1 N–H and O–H groups in total. The first-order valence-corrected chi connectivity index (χ1v) is 9.05. The van der Waals surface area contributed by atoms with Crippen molar-refractivity contribution in [2.45, 2.75) is 0 Å². The van der Waals surface area contributed by atoms with Crippen LogP contribution in [-0.2, 0) is 0 Å². The zero-order valence-electron chi connectivity index (χ0n) is 14.4. The minimum Gasteiger partial charge on any atom is -0.497 e. The van der Waals surface area contributed by atoms with Crippen LogP contribution in [0.1, 0.15) is 10.4 Å². The molecule has 2 aromatic carbocycles. The van der Waals surface area contributed by atoms with Crippen LogP contribution in [0.25, 0.3) is 22.2 Å². The first-order chi connectivity index (χ1) is 13.2. The molecule has 0 aliphatic heterocycles. The molecule has 0 unspecified atom stereocenters. The fraction of sp³-hybridized carbons (Fsp3) is 0.0500. The number of ether oxygens (including phenoxy) is 1. The van der Waals surface area contributed by atoms with Crippen molar-refractivity contribution in [2.24, 2.45) is 0 Å². The van der Waals surface area contributed by atoms with Gasteiger partial charge < -0.3 is 14.6 Å². The Morgan fingerprint density at radius 1 is 1.11 bits per heavy atom. The Bertz CT molecular complexity index is 1070. The SMILES string of the molecule is COc1cccc(C(=O)Nc2ccsc2-c2nc(-c3ccccc3)no2)c1. The number of thiophene rings is 1. The molecule has 0 bridgehead atoms. The van der Waals surface area contributed by atoms with Gasteiger partial charge in [0.05, 0.1) is 12.8 Å². The highest BCUT2D eigenvalue weighted by molar-refractivity contribution is 7.14. The average molecular weight is 377 g/mol. The van der Waals surface area contributed by atoms with Crippen molar-refractivity contribution in [1.82, 2.24) is 10.1 Å². The molecular weight excluding hydrogens is 362 g/mol. The van der Waals surface area contributed by atoms with Crippen molar-refractivity contribution in [2.75, 3.05) is 12.4 Å². The molecule has 0 saturated carbocycles. The van der Waals surface area contributed by atoms with E-state index in [0.29, 0.717) is 33.6 Å². The molecule has 27 heavy (non-hydrogen) atoms. The van der Waals surface area contributed by atoms with Gasteiger partial charge >= 0.3 is 0 Å². The number of amides is 1. The number of methoxy groups -OCH3 is 1. The van der Waals surface area contributed by atoms with Crippen molar-refractivity contribution in [3.8, 4) is 27.9 Å². The molecule has 4 aromatic rings. The Hall–Kier alpha value is -3.45. The molecule has 2 heterocycles. The lowest BCUT2D eigenvalue weighted by Crippen LogP contribution is -2.11. The number of aromatic nitrogens is 2. The summed E-state index contributed by atoms with van der Waals surface area (Å²) in [4.78, 5) is 17.7. The number of hydrogen-bond acceptors (Lipinski definition) is 6. The molecule has 0 spiro atoms. The van der Waals surface area contributed by atoms with Crippen molar-refractivity contribution < 1.29 is 14.1 Å². The maximum atomic E-state index is 12.6. The Morgan fingerprint density at radius 3 is 2.78 bits per heavy atom. The first-order valence-electron chi connectivity index (χ1n) is 8.17. The normalized spacial score (nSPS) is 10.6. The topological polar surface area (TPSA) is 77.2 Å². The van der Waals surface area contributed by atoms with E-state index in [4.69, 9.17) is 9.26 Å². The molecule has 0 saturated heterocycles. The number of carbonyl (C=O) groups is 1. The van der Waals surface area contributed by atoms with Crippen LogP contribution in [0.15, 0.2) is 70.6 Å². The van der Waals surface area contributed by atoms with Crippen LogP contribution in [0.3, 0.4) is 0 Å². The van der Waals surface area contributed by atoms with Gasteiger partial charge in [-0.2, -0.15) is 4.98 Å². The van der Waals surface area contributed by atoms with Gasteiger partial charge in [-0.1, -0.05) is 41.6 Å². The molecule has 134 valence electrons. The van der Waals surface area contributed by atoms with Crippen molar-refractivity contribution in [1.29, 1.82) is 0 Å². The monoisotopic (exact) mass is 377 g/mol. The van der Waals surface area contributed by atoms with Crippen LogP contribution in [-0.4, -0.2) is 23.2 Å². The number of hydrogen-bond donors (Lipinski definition) is 1.